The number of thioether (sulfide) groups is 1. The minimum atomic E-state index is -0.917. The summed E-state index contributed by atoms with van der Waals surface area (Å²) in [5.74, 6) is -1.23. The molecule has 0 bridgehead atoms. The lowest BCUT2D eigenvalue weighted by molar-refractivity contribution is -0.133. The monoisotopic (exact) mass is 315 g/mol. The van der Waals surface area contributed by atoms with E-state index in [2.05, 4.69) is 15.5 Å². The van der Waals surface area contributed by atoms with Crippen molar-refractivity contribution in [1.82, 2.24) is 10.2 Å². The largest absolute Gasteiger partial charge is 0.481 e. The van der Waals surface area contributed by atoms with Gasteiger partial charge in [-0.2, -0.15) is 0 Å². The average Bonchev–Trinajstić information content (AvgIpc) is 2.95. The van der Waals surface area contributed by atoms with Crippen LogP contribution in [0, 0.1) is 6.92 Å². The molecule has 1 amide bonds. The maximum Gasteiger partial charge on any atom is 0.313 e. The highest BCUT2D eigenvalue weighted by Crippen LogP contribution is 2.26. The van der Waals surface area contributed by atoms with Crippen molar-refractivity contribution in [3.05, 3.63) is 21.9 Å². The molecule has 0 spiro atoms. The van der Waals surface area contributed by atoms with E-state index in [0.29, 0.717) is 14.3 Å². The van der Waals surface area contributed by atoms with Crippen LogP contribution in [0.25, 0.3) is 0 Å². The van der Waals surface area contributed by atoms with Crippen LogP contribution in [0.2, 0.25) is 0 Å². The van der Waals surface area contributed by atoms with Crippen LogP contribution in [0.5, 0.6) is 0 Å². The number of thiophene rings is 1. The standard InChI is InChI=1S/C10H9N3O3S3/c1-5-2-3-6(18-5)8(16)11-9-12-13-10(19-9)17-4-7(14)15/h2-3H,4H2,1H3,(H,14,15)(H,11,12,16). The van der Waals surface area contributed by atoms with E-state index < -0.39 is 5.97 Å². The highest BCUT2D eigenvalue weighted by Gasteiger charge is 2.12. The van der Waals surface area contributed by atoms with Gasteiger partial charge in [-0.1, -0.05) is 23.1 Å². The van der Waals surface area contributed by atoms with Crippen LogP contribution in [0.1, 0.15) is 14.5 Å². The second-order valence-electron chi connectivity index (χ2n) is 3.42. The molecule has 2 rings (SSSR count). The summed E-state index contributed by atoms with van der Waals surface area (Å²) in [6.45, 7) is 1.92. The molecule has 9 heteroatoms. The first-order chi connectivity index (χ1) is 9.04. The number of carbonyl (C=O) groups excluding carboxylic acids is 1. The van der Waals surface area contributed by atoms with Gasteiger partial charge in [-0.3, -0.25) is 14.9 Å². The Balaban J connectivity index is 1.96. The number of carboxylic acids is 1. The molecule has 0 aromatic carbocycles. The Kier molecular flexibility index (Phi) is 4.51. The molecule has 2 aromatic rings. The van der Waals surface area contributed by atoms with Crippen LogP contribution >= 0.6 is 34.4 Å². The molecule has 0 fully saturated rings. The molecule has 2 heterocycles. The number of hydrogen-bond acceptors (Lipinski definition) is 7. The van der Waals surface area contributed by atoms with Gasteiger partial charge in [0.2, 0.25) is 5.13 Å². The van der Waals surface area contributed by atoms with E-state index in [1.54, 1.807) is 6.07 Å². The number of aromatic nitrogens is 2. The number of anilines is 1. The minimum absolute atomic E-state index is 0.0767. The van der Waals surface area contributed by atoms with Gasteiger partial charge in [0.15, 0.2) is 4.34 Å². The van der Waals surface area contributed by atoms with Crippen molar-refractivity contribution in [2.75, 3.05) is 11.1 Å². The number of amides is 1. The first kappa shape index (κ1) is 14.0. The van der Waals surface area contributed by atoms with Gasteiger partial charge in [-0.15, -0.1) is 21.5 Å². The molecule has 0 saturated heterocycles. The molecule has 0 unspecified atom stereocenters. The van der Waals surface area contributed by atoms with E-state index in [9.17, 15) is 9.59 Å². The Labute approximate surface area is 120 Å². The molecule has 6 nitrogen and oxygen atoms in total. The van der Waals surface area contributed by atoms with Crippen molar-refractivity contribution < 1.29 is 14.7 Å². The first-order valence-corrected chi connectivity index (χ1v) is 7.72. The van der Waals surface area contributed by atoms with Crippen LogP contribution in [0.3, 0.4) is 0 Å². The van der Waals surface area contributed by atoms with Crippen LogP contribution in [0.4, 0.5) is 5.13 Å². The lowest BCUT2D eigenvalue weighted by atomic mass is 10.4. The number of carboxylic acid groups (broad SMARTS) is 1. The van der Waals surface area contributed by atoms with E-state index in [0.717, 1.165) is 28.0 Å². The maximum atomic E-state index is 11.8. The smallest absolute Gasteiger partial charge is 0.313 e. The molecular weight excluding hydrogens is 306 g/mol. The van der Waals surface area contributed by atoms with Gasteiger partial charge < -0.3 is 5.11 Å². The number of hydrogen-bond donors (Lipinski definition) is 2. The molecule has 0 radical (unpaired) electrons. The topological polar surface area (TPSA) is 92.2 Å². The van der Waals surface area contributed by atoms with Crippen molar-refractivity contribution >= 4 is 51.4 Å². The summed E-state index contributed by atoms with van der Waals surface area (Å²) in [5, 5.41) is 19.1. The number of aryl methyl sites for hydroxylation is 1. The summed E-state index contributed by atoms with van der Waals surface area (Å²) >= 11 is 3.63. The van der Waals surface area contributed by atoms with Crippen molar-refractivity contribution in [2.45, 2.75) is 11.3 Å². The second-order valence-corrected chi connectivity index (χ2v) is 6.91. The summed E-state index contributed by atoms with van der Waals surface area (Å²) in [7, 11) is 0. The van der Waals surface area contributed by atoms with E-state index >= 15 is 0 Å². The number of aliphatic carboxylic acids is 1. The van der Waals surface area contributed by atoms with Crippen molar-refractivity contribution in [1.29, 1.82) is 0 Å². The Bertz CT molecular complexity index is 608. The molecule has 19 heavy (non-hydrogen) atoms. The highest BCUT2D eigenvalue weighted by molar-refractivity contribution is 8.01. The third kappa shape index (κ3) is 4.01. The van der Waals surface area contributed by atoms with Gasteiger partial charge in [-0.05, 0) is 19.1 Å². The van der Waals surface area contributed by atoms with Crippen LogP contribution in [-0.2, 0) is 4.79 Å². The number of nitrogens with zero attached hydrogens (tertiary/aromatic N) is 2. The Hall–Kier alpha value is -1.45. The SMILES string of the molecule is Cc1ccc(C(=O)Nc2nnc(SCC(=O)O)s2)s1. The Morgan fingerprint density at radius 3 is 2.79 bits per heavy atom. The average molecular weight is 315 g/mol. The van der Waals surface area contributed by atoms with Crippen LogP contribution in [-0.4, -0.2) is 32.9 Å². The predicted molar refractivity (Wildman–Crippen MR) is 75.3 cm³/mol. The molecule has 0 saturated carbocycles. The van der Waals surface area contributed by atoms with E-state index in [-0.39, 0.29) is 11.7 Å². The lowest BCUT2D eigenvalue weighted by Crippen LogP contribution is -2.09. The van der Waals surface area contributed by atoms with Gasteiger partial charge in [0.25, 0.3) is 5.91 Å². The van der Waals surface area contributed by atoms with Crippen molar-refractivity contribution in [3.63, 3.8) is 0 Å². The molecular formula is C10H9N3O3S3. The zero-order valence-corrected chi connectivity index (χ0v) is 12.2. The quantitative estimate of drug-likeness (QED) is 0.650. The maximum absolute atomic E-state index is 11.8. The molecule has 100 valence electrons. The van der Waals surface area contributed by atoms with E-state index in [1.165, 1.54) is 11.3 Å². The van der Waals surface area contributed by atoms with E-state index in [1.807, 2.05) is 13.0 Å². The summed E-state index contributed by atoms with van der Waals surface area (Å²) in [4.78, 5) is 23.9. The van der Waals surface area contributed by atoms with Crippen LogP contribution < -0.4 is 5.32 Å². The Morgan fingerprint density at radius 2 is 2.16 bits per heavy atom. The zero-order valence-electron chi connectivity index (χ0n) is 9.74. The van der Waals surface area contributed by atoms with Crippen molar-refractivity contribution in [3.8, 4) is 0 Å². The number of rotatable bonds is 5. The first-order valence-electron chi connectivity index (χ1n) is 5.10. The highest BCUT2D eigenvalue weighted by atomic mass is 32.2. The number of nitrogens with one attached hydrogen (secondary N) is 1. The third-order valence-corrected chi connectivity index (χ3v) is 4.87. The molecule has 2 aromatic heterocycles. The fraction of sp³-hybridized carbons (Fsp3) is 0.200. The van der Waals surface area contributed by atoms with Crippen molar-refractivity contribution in [2.24, 2.45) is 0 Å². The fourth-order valence-electron chi connectivity index (χ4n) is 1.16. The normalized spacial score (nSPS) is 10.4. The Morgan fingerprint density at radius 1 is 1.37 bits per heavy atom. The number of carbonyl (C=O) groups is 2. The summed E-state index contributed by atoms with van der Waals surface area (Å²) in [5.41, 5.74) is 0. The lowest BCUT2D eigenvalue weighted by Gasteiger charge is -1.96. The summed E-state index contributed by atoms with van der Waals surface area (Å²) in [6.07, 6.45) is 0. The summed E-state index contributed by atoms with van der Waals surface area (Å²) < 4.78 is 0.514. The van der Waals surface area contributed by atoms with E-state index in [4.69, 9.17) is 5.11 Å². The molecule has 0 aliphatic heterocycles. The van der Waals surface area contributed by atoms with Gasteiger partial charge in [0, 0.05) is 4.88 Å². The van der Waals surface area contributed by atoms with Gasteiger partial charge in [0.1, 0.15) is 0 Å². The zero-order chi connectivity index (χ0) is 13.8. The van der Waals surface area contributed by atoms with Gasteiger partial charge in [0.05, 0.1) is 10.6 Å². The molecule has 0 aliphatic carbocycles. The molecule has 2 N–H and O–H groups in total. The second kappa shape index (κ2) is 6.13. The molecule has 0 aliphatic rings. The predicted octanol–water partition coefficient (Wildman–Crippen LogP) is 2.34. The fourth-order valence-corrected chi connectivity index (χ4v) is 3.39. The summed E-state index contributed by atoms with van der Waals surface area (Å²) in [6, 6.07) is 3.62. The van der Waals surface area contributed by atoms with Gasteiger partial charge in [-0.25, -0.2) is 0 Å². The van der Waals surface area contributed by atoms with Gasteiger partial charge >= 0.3 is 5.97 Å². The van der Waals surface area contributed by atoms with Crippen LogP contribution in [0.15, 0.2) is 16.5 Å². The molecule has 0 atom stereocenters. The minimum Gasteiger partial charge on any atom is -0.481 e. The third-order valence-electron chi connectivity index (χ3n) is 1.91.